The Morgan fingerprint density at radius 3 is 2.70 bits per heavy atom. The Morgan fingerprint density at radius 1 is 1.30 bits per heavy atom. The SMILES string of the molecule is CC(C)N1CCCC(CN)(N(C)CC2CCCO2)CC1. The first-order valence-corrected chi connectivity index (χ1v) is 8.34. The van der Waals surface area contributed by atoms with Gasteiger partial charge in [-0.05, 0) is 59.5 Å². The van der Waals surface area contributed by atoms with Gasteiger partial charge in [-0.2, -0.15) is 0 Å². The van der Waals surface area contributed by atoms with E-state index in [0.29, 0.717) is 12.1 Å². The van der Waals surface area contributed by atoms with E-state index in [4.69, 9.17) is 10.5 Å². The van der Waals surface area contributed by atoms with Crippen LogP contribution < -0.4 is 5.73 Å². The predicted octanol–water partition coefficient (Wildman–Crippen LogP) is 1.69. The third-order valence-electron chi connectivity index (χ3n) is 5.37. The molecule has 0 amide bonds. The summed E-state index contributed by atoms with van der Waals surface area (Å²) in [5.74, 6) is 0. The summed E-state index contributed by atoms with van der Waals surface area (Å²) in [6, 6.07) is 0.645. The quantitative estimate of drug-likeness (QED) is 0.834. The number of likely N-dealkylation sites (N-methyl/N-ethyl adjacent to an activating group) is 1. The number of rotatable bonds is 5. The molecule has 118 valence electrons. The van der Waals surface area contributed by atoms with E-state index in [1.54, 1.807) is 0 Å². The van der Waals surface area contributed by atoms with Gasteiger partial charge in [-0.3, -0.25) is 4.90 Å². The maximum atomic E-state index is 6.20. The van der Waals surface area contributed by atoms with Gasteiger partial charge < -0.3 is 15.4 Å². The minimum absolute atomic E-state index is 0.176. The number of nitrogens with zero attached hydrogens (tertiary/aromatic N) is 2. The molecule has 2 fully saturated rings. The number of hydrogen-bond acceptors (Lipinski definition) is 4. The van der Waals surface area contributed by atoms with Crippen molar-refractivity contribution in [3.05, 3.63) is 0 Å². The normalized spacial score (nSPS) is 33.0. The molecule has 0 spiro atoms. The molecule has 0 aliphatic carbocycles. The van der Waals surface area contributed by atoms with E-state index in [9.17, 15) is 0 Å². The monoisotopic (exact) mass is 283 g/mol. The molecule has 2 N–H and O–H groups in total. The summed E-state index contributed by atoms with van der Waals surface area (Å²) in [7, 11) is 2.25. The molecule has 2 rings (SSSR count). The van der Waals surface area contributed by atoms with Crippen molar-refractivity contribution >= 4 is 0 Å². The Bertz CT molecular complexity index is 291. The third-order valence-corrected chi connectivity index (χ3v) is 5.37. The van der Waals surface area contributed by atoms with Crippen molar-refractivity contribution in [2.24, 2.45) is 5.73 Å². The standard InChI is InChI=1S/C16H33N3O/c1-14(2)19-9-5-7-16(13-17,8-10-19)18(3)12-15-6-4-11-20-15/h14-15H,4-13,17H2,1-3H3. The first-order valence-electron chi connectivity index (χ1n) is 8.34. The molecule has 0 bridgehead atoms. The van der Waals surface area contributed by atoms with Crippen molar-refractivity contribution in [2.45, 2.75) is 63.6 Å². The summed E-state index contributed by atoms with van der Waals surface area (Å²) in [5, 5.41) is 0. The summed E-state index contributed by atoms with van der Waals surface area (Å²) >= 11 is 0. The molecule has 0 radical (unpaired) electrons. The first-order chi connectivity index (χ1) is 9.57. The van der Waals surface area contributed by atoms with Crippen LogP contribution in [-0.4, -0.2) is 67.3 Å². The largest absolute Gasteiger partial charge is 0.377 e. The van der Waals surface area contributed by atoms with Crippen molar-refractivity contribution in [1.82, 2.24) is 9.80 Å². The average molecular weight is 283 g/mol. The fourth-order valence-electron chi connectivity index (χ4n) is 3.75. The van der Waals surface area contributed by atoms with Crippen LogP contribution in [-0.2, 0) is 4.74 Å². The Hall–Kier alpha value is -0.160. The second-order valence-corrected chi connectivity index (χ2v) is 6.93. The molecule has 0 aromatic rings. The van der Waals surface area contributed by atoms with E-state index in [2.05, 4.69) is 30.7 Å². The molecule has 2 saturated heterocycles. The molecule has 0 aromatic carbocycles. The number of hydrogen-bond donors (Lipinski definition) is 1. The summed E-state index contributed by atoms with van der Waals surface area (Å²) in [6.07, 6.45) is 6.51. The van der Waals surface area contributed by atoms with Crippen LogP contribution in [0.4, 0.5) is 0 Å². The van der Waals surface area contributed by atoms with Crippen molar-refractivity contribution < 1.29 is 4.74 Å². The minimum Gasteiger partial charge on any atom is -0.377 e. The lowest BCUT2D eigenvalue weighted by molar-refractivity contribution is 0.0301. The van der Waals surface area contributed by atoms with Crippen molar-refractivity contribution in [3.8, 4) is 0 Å². The van der Waals surface area contributed by atoms with Gasteiger partial charge in [0.15, 0.2) is 0 Å². The fraction of sp³-hybridized carbons (Fsp3) is 1.00. The van der Waals surface area contributed by atoms with E-state index in [1.807, 2.05) is 0 Å². The molecule has 20 heavy (non-hydrogen) atoms. The van der Waals surface area contributed by atoms with Gasteiger partial charge in [-0.25, -0.2) is 0 Å². The highest BCUT2D eigenvalue weighted by Crippen LogP contribution is 2.29. The Morgan fingerprint density at radius 2 is 2.10 bits per heavy atom. The summed E-state index contributed by atoms with van der Waals surface area (Å²) in [4.78, 5) is 5.10. The topological polar surface area (TPSA) is 41.7 Å². The molecule has 2 aliphatic rings. The Balaban J connectivity index is 1.96. The number of likely N-dealkylation sites (tertiary alicyclic amines) is 1. The molecule has 4 nitrogen and oxygen atoms in total. The lowest BCUT2D eigenvalue weighted by Gasteiger charge is -2.42. The van der Waals surface area contributed by atoms with Crippen LogP contribution >= 0.6 is 0 Å². The predicted molar refractivity (Wildman–Crippen MR) is 83.9 cm³/mol. The third kappa shape index (κ3) is 3.73. The highest BCUT2D eigenvalue weighted by molar-refractivity contribution is 4.94. The molecule has 2 unspecified atom stereocenters. The number of nitrogens with two attached hydrogens (primary N) is 1. The van der Waals surface area contributed by atoms with Crippen LogP contribution in [0.25, 0.3) is 0 Å². The fourth-order valence-corrected chi connectivity index (χ4v) is 3.75. The van der Waals surface area contributed by atoms with E-state index in [1.165, 1.54) is 45.2 Å². The van der Waals surface area contributed by atoms with Gasteiger partial charge in [-0.15, -0.1) is 0 Å². The smallest absolute Gasteiger partial charge is 0.0702 e. The van der Waals surface area contributed by atoms with Crippen molar-refractivity contribution in [1.29, 1.82) is 0 Å². The summed E-state index contributed by atoms with van der Waals surface area (Å²) < 4.78 is 5.80. The minimum atomic E-state index is 0.176. The molecular formula is C16H33N3O. The molecule has 0 saturated carbocycles. The van der Waals surface area contributed by atoms with E-state index in [-0.39, 0.29) is 5.54 Å². The van der Waals surface area contributed by atoms with Crippen LogP contribution in [0, 0.1) is 0 Å². The van der Waals surface area contributed by atoms with Crippen molar-refractivity contribution in [3.63, 3.8) is 0 Å². The van der Waals surface area contributed by atoms with Gasteiger partial charge in [0.1, 0.15) is 0 Å². The maximum Gasteiger partial charge on any atom is 0.0702 e. The highest BCUT2D eigenvalue weighted by atomic mass is 16.5. The lowest BCUT2D eigenvalue weighted by atomic mass is 9.88. The second-order valence-electron chi connectivity index (χ2n) is 6.93. The zero-order chi connectivity index (χ0) is 14.6. The maximum absolute atomic E-state index is 6.20. The van der Waals surface area contributed by atoms with Crippen LogP contribution in [0.1, 0.15) is 46.0 Å². The highest BCUT2D eigenvalue weighted by Gasteiger charge is 2.36. The first kappa shape index (κ1) is 16.2. The lowest BCUT2D eigenvalue weighted by Crippen LogP contribution is -2.54. The van der Waals surface area contributed by atoms with Crippen molar-refractivity contribution in [2.75, 3.05) is 39.8 Å². The molecular weight excluding hydrogens is 250 g/mol. The van der Waals surface area contributed by atoms with Gasteiger partial charge in [0.2, 0.25) is 0 Å². The zero-order valence-electron chi connectivity index (χ0n) is 13.6. The average Bonchev–Trinajstić information content (AvgIpc) is 2.82. The Labute approximate surface area is 124 Å². The van der Waals surface area contributed by atoms with Gasteiger partial charge in [-0.1, -0.05) is 0 Å². The molecule has 2 atom stereocenters. The second kappa shape index (κ2) is 7.21. The molecule has 4 heteroatoms. The van der Waals surface area contributed by atoms with Gasteiger partial charge in [0.05, 0.1) is 6.10 Å². The van der Waals surface area contributed by atoms with Gasteiger partial charge in [0.25, 0.3) is 0 Å². The summed E-state index contributed by atoms with van der Waals surface area (Å²) in [5.41, 5.74) is 6.38. The van der Waals surface area contributed by atoms with Crippen LogP contribution in [0.15, 0.2) is 0 Å². The van der Waals surface area contributed by atoms with Crippen LogP contribution in [0.2, 0.25) is 0 Å². The van der Waals surface area contributed by atoms with Crippen LogP contribution in [0.5, 0.6) is 0 Å². The van der Waals surface area contributed by atoms with E-state index < -0.39 is 0 Å². The van der Waals surface area contributed by atoms with Gasteiger partial charge in [0, 0.05) is 37.8 Å². The summed E-state index contributed by atoms with van der Waals surface area (Å²) in [6.45, 7) is 9.73. The van der Waals surface area contributed by atoms with E-state index >= 15 is 0 Å². The van der Waals surface area contributed by atoms with Gasteiger partial charge >= 0.3 is 0 Å². The van der Waals surface area contributed by atoms with E-state index in [0.717, 1.165) is 19.7 Å². The zero-order valence-corrected chi connectivity index (χ0v) is 13.6. The molecule has 0 aromatic heterocycles. The molecule has 2 aliphatic heterocycles. The van der Waals surface area contributed by atoms with Crippen LogP contribution in [0.3, 0.4) is 0 Å². The number of ether oxygens (including phenoxy) is 1. The Kier molecular flexibility index (Phi) is 5.84. The molecule has 2 heterocycles.